The number of nitrogens with one attached hydrogen (secondary N) is 2. The number of benzene rings is 2. The van der Waals surface area contributed by atoms with Crippen LogP contribution in [0.2, 0.25) is 10.0 Å². The van der Waals surface area contributed by atoms with Gasteiger partial charge in [-0.25, -0.2) is 8.42 Å². The molecule has 162 valence electrons. The van der Waals surface area contributed by atoms with Crippen molar-refractivity contribution >= 4 is 44.9 Å². The molecule has 0 saturated carbocycles. The maximum atomic E-state index is 13.1. The average molecular weight is 481 g/mol. The molecule has 0 bridgehead atoms. The van der Waals surface area contributed by atoms with Crippen LogP contribution in [0.5, 0.6) is 0 Å². The zero-order valence-electron chi connectivity index (χ0n) is 16.0. The smallest absolute Gasteiger partial charge is 0.309 e. The lowest BCUT2D eigenvalue weighted by atomic mass is 10.2. The second-order valence-corrected chi connectivity index (χ2v) is 9.46. The lowest BCUT2D eigenvalue weighted by Crippen LogP contribution is -2.42. The molecule has 3 rings (SSSR count). The van der Waals surface area contributed by atoms with Crippen LogP contribution in [0.3, 0.4) is 0 Å². The van der Waals surface area contributed by atoms with Crippen LogP contribution in [0.1, 0.15) is 16.6 Å². The summed E-state index contributed by atoms with van der Waals surface area (Å²) in [6.07, 6.45) is 1.33. The number of carbonyl (C=O) groups is 2. The molecule has 0 radical (unpaired) electrons. The van der Waals surface area contributed by atoms with Crippen LogP contribution in [0.15, 0.2) is 76.2 Å². The van der Waals surface area contributed by atoms with Crippen LogP contribution < -0.4 is 10.6 Å². The number of carbonyl (C=O) groups excluding carboxylic acids is 2. The van der Waals surface area contributed by atoms with Crippen molar-refractivity contribution in [3.63, 3.8) is 0 Å². The van der Waals surface area contributed by atoms with Crippen molar-refractivity contribution in [3.05, 3.63) is 88.3 Å². The van der Waals surface area contributed by atoms with Crippen molar-refractivity contribution in [1.82, 2.24) is 10.6 Å². The summed E-state index contributed by atoms with van der Waals surface area (Å²) < 4.78 is 31.5. The number of furan rings is 1. The van der Waals surface area contributed by atoms with Gasteiger partial charge in [0.15, 0.2) is 9.84 Å². The van der Waals surface area contributed by atoms with Crippen LogP contribution in [0, 0.1) is 0 Å². The Balaban J connectivity index is 1.69. The minimum Gasteiger partial charge on any atom is -0.468 e. The maximum Gasteiger partial charge on any atom is 0.309 e. The van der Waals surface area contributed by atoms with Gasteiger partial charge in [-0.1, -0.05) is 41.4 Å². The monoisotopic (exact) mass is 480 g/mol. The topological polar surface area (TPSA) is 105 Å². The van der Waals surface area contributed by atoms with E-state index >= 15 is 0 Å². The van der Waals surface area contributed by atoms with E-state index in [0.717, 1.165) is 0 Å². The first kappa shape index (κ1) is 22.9. The average Bonchev–Trinajstić information content (AvgIpc) is 3.27. The highest BCUT2D eigenvalue weighted by molar-refractivity contribution is 7.91. The Morgan fingerprint density at radius 3 is 2.23 bits per heavy atom. The fraction of sp³-hybridized carbons (Fsp3) is 0.143. The first-order valence-corrected chi connectivity index (χ1v) is 11.4. The predicted molar refractivity (Wildman–Crippen MR) is 116 cm³/mol. The van der Waals surface area contributed by atoms with Gasteiger partial charge < -0.3 is 15.1 Å². The van der Waals surface area contributed by atoms with Gasteiger partial charge in [-0.3, -0.25) is 9.59 Å². The van der Waals surface area contributed by atoms with Gasteiger partial charge in [-0.05, 0) is 48.0 Å². The van der Waals surface area contributed by atoms with Crippen LogP contribution in [0.4, 0.5) is 0 Å². The molecule has 0 fully saturated rings. The number of halogens is 2. The van der Waals surface area contributed by atoms with E-state index in [1.807, 2.05) is 0 Å². The van der Waals surface area contributed by atoms with Gasteiger partial charge in [0, 0.05) is 23.1 Å². The van der Waals surface area contributed by atoms with Crippen LogP contribution >= 0.6 is 23.2 Å². The summed E-state index contributed by atoms with van der Waals surface area (Å²) in [7, 11) is -3.94. The Morgan fingerprint density at radius 2 is 1.58 bits per heavy atom. The van der Waals surface area contributed by atoms with Gasteiger partial charge in [0.25, 0.3) is 0 Å². The van der Waals surface area contributed by atoms with Crippen LogP contribution in [0.25, 0.3) is 0 Å². The highest BCUT2D eigenvalue weighted by Gasteiger charge is 2.32. The van der Waals surface area contributed by atoms with Crippen molar-refractivity contribution in [3.8, 4) is 0 Å². The van der Waals surface area contributed by atoms with Gasteiger partial charge in [-0.2, -0.15) is 0 Å². The molecule has 2 N–H and O–H groups in total. The Kier molecular flexibility index (Phi) is 7.37. The van der Waals surface area contributed by atoms with Crippen molar-refractivity contribution < 1.29 is 22.4 Å². The van der Waals surface area contributed by atoms with Crippen LogP contribution in [-0.4, -0.2) is 26.8 Å². The van der Waals surface area contributed by atoms with E-state index in [4.69, 9.17) is 27.6 Å². The molecule has 0 unspecified atom stereocenters. The summed E-state index contributed by atoms with van der Waals surface area (Å²) in [5, 5.41) is 4.42. The van der Waals surface area contributed by atoms with Crippen molar-refractivity contribution in [2.24, 2.45) is 0 Å². The standard InChI is InChI=1S/C21H18Cl2N2O5S/c22-15-7-9-16(10-8-15)31(28,29)19(18-6-3-11-30-18)13-25-21(27)20(26)24-12-14-4-1-2-5-17(14)23/h1-11,19H,12-13H2,(H,24,26)(H,25,27)/t19-/m1/s1. The molecular formula is C21H18Cl2N2O5S. The highest BCUT2D eigenvalue weighted by Crippen LogP contribution is 2.29. The molecule has 7 nitrogen and oxygen atoms in total. The Morgan fingerprint density at radius 1 is 0.903 bits per heavy atom. The second kappa shape index (κ2) is 10.00. The third-order valence-electron chi connectivity index (χ3n) is 4.43. The number of hydrogen-bond donors (Lipinski definition) is 2. The third kappa shape index (κ3) is 5.66. The maximum absolute atomic E-state index is 13.1. The van der Waals surface area contributed by atoms with Gasteiger partial charge in [0.1, 0.15) is 11.0 Å². The largest absolute Gasteiger partial charge is 0.468 e. The fourth-order valence-electron chi connectivity index (χ4n) is 2.79. The van der Waals surface area contributed by atoms with Gasteiger partial charge in [-0.15, -0.1) is 0 Å². The third-order valence-corrected chi connectivity index (χ3v) is 7.13. The van der Waals surface area contributed by atoms with Crippen molar-refractivity contribution in [2.45, 2.75) is 16.7 Å². The zero-order chi connectivity index (χ0) is 22.4. The van der Waals surface area contributed by atoms with E-state index in [-0.39, 0.29) is 23.7 Å². The number of sulfone groups is 1. The molecule has 2 aromatic carbocycles. The first-order chi connectivity index (χ1) is 14.8. The SMILES string of the molecule is O=C(NCc1ccccc1Cl)C(=O)NC[C@H](c1ccco1)S(=O)(=O)c1ccc(Cl)cc1. The molecule has 0 aliphatic heterocycles. The minimum absolute atomic E-state index is 0.00993. The Bertz CT molecular complexity index is 1160. The molecule has 0 spiro atoms. The second-order valence-electron chi connectivity index (χ2n) is 6.49. The molecule has 0 aliphatic carbocycles. The molecule has 0 saturated heterocycles. The number of hydrogen-bond acceptors (Lipinski definition) is 5. The van der Waals surface area contributed by atoms with E-state index in [1.165, 1.54) is 42.7 Å². The van der Waals surface area contributed by atoms with E-state index in [0.29, 0.717) is 15.6 Å². The lowest BCUT2D eigenvalue weighted by Gasteiger charge is -2.16. The quantitative estimate of drug-likeness (QED) is 0.503. The van der Waals surface area contributed by atoms with Crippen molar-refractivity contribution in [1.29, 1.82) is 0 Å². The predicted octanol–water partition coefficient (Wildman–Crippen LogP) is 3.53. The number of rotatable bonds is 7. The summed E-state index contributed by atoms with van der Waals surface area (Å²) in [6, 6.07) is 15.5. The highest BCUT2D eigenvalue weighted by atomic mass is 35.5. The first-order valence-electron chi connectivity index (χ1n) is 9.11. The summed E-state index contributed by atoms with van der Waals surface area (Å²) >= 11 is 11.9. The molecule has 2 amide bonds. The summed E-state index contributed by atoms with van der Waals surface area (Å²) in [5.74, 6) is -1.76. The fourth-order valence-corrected chi connectivity index (χ4v) is 4.70. The van der Waals surface area contributed by atoms with Crippen LogP contribution in [-0.2, 0) is 26.0 Å². The minimum atomic E-state index is -3.94. The molecule has 1 aromatic heterocycles. The van der Waals surface area contributed by atoms with Gasteiger partial charge in [0.2, 0.25) is 0 Å². The molecule has 1 heterocycles. The number of amides is 2. The normalized spacial score (nSPS) is 12.2. The van der Waals surface area contributed by atoms with Crippen molar-refractivity contribution in [2.75, 3.05) is 6.54 Å². The zero-order valence-corrected chi connectivity index (χ0v) is 18.4. The van der Waals surface area contributed by atoms with Gasteiger partial charge >= 0.3 is 11.8 Å². The molecule has 3 aromatic rings. The van der Waals surface area contributed by atoms with Gasteiger partial charge in [0.05, 0.1) is 11.2 Å². The van der Waals surface area contributed by atoms with E-state index in [2.05, 4.69) is 10.6 Å². The lowest BCUT2D eigenvalue weighted by molar-refractivity contribution is -0.139. The van der Waals surface area contributed by atoms with E-state index < -0.39 is 26.9 Å². The molecule has 10 heteroatoms. The van der Waals surface area contributed by atoms with E-state index in [1.54, 1.807) is 24.3 Å². The summed E-state index contributed by atoms with van der Waals surface area (Å²) in [5.41, 5.74) is 0.643. The van der Waals surface area contributed by atoms with E-state index in [9.17, 15) is 18.0 Å². The summed E-state index contributed by atoms with van der Waals surface area (Å²) in [4.78, 5) is 24.4. The molecule has 31 heavy (non-hydrogen) atoms. The summed E-state index contributed by atoms with van der Waals surface area (Å²) in [6.45, 7) is -0.312. The molecule has 0 aliphatic rings. The Hall–Kier alpha value is -2.81. The molecule has 1 atom stereocenters. The Labute approximate surface area is 189 Å². The molecular weight excluding hydrogens is 463 g/mol.